The van der Waals surface area contributed by atoms with Crippen molar-refractivity contribution in [1.29, 1.82) is 0 Å². The van der Waals surface area contributed by atoms with E-state index in [2.05, 4.69) is 38.0 Å². The van der Waals surface area contributed by atoms with Crippen molar-refractivity contribution in [3.63, 3.8) is 0 Å². The topological polar surface area (TPSA) is 50.9 Å². The highest BCUT2D eigenvalue weighted by molar-refractivity contribution is 5.92. The molecule has 1 aromatic heterocycles. The summed E-state index contributed by atoms with van der Waals surface area (Å²) in [4.78, 5) is 4.36. The van der Waals surface area contributed by atoms with Crippen LogP contribution in [0.5, 0.6) is 0 Å². The molecule has 3 nitrogen and oxygen atoms in total. The lowest BCUT2D eigenvalue weighted by Crippen LogP contribution is -2.28. The lowest BCUT2D eigenvalue weighted by molar-refractivity contribution is 0.270. The molecule has 19 heavy (non-hydrogen) atoms. The summed E-state index contributed by atoms with van der Waals surface area (Å²) in [6.45, 7) is 10.0. The second kappa shape index (κ2) is 5.08. The van der Waals surface area contributed by atoms with Crippen molar-refractivity contribution in [2.75, 3.05) is 17.6 Å². The Bertz CT molecular complexity index is 573. The van der Waals surface area contributed by atoms with Crippen LogP contribution in [0, 0.1) is 11.3 Å². The number of nitrogens with zero attached hydrogens (tertiary/aromatic N) is 1. The summed E-state index contributed by atoms with van der Waals surface area (Å²) >= 11 is 0. The van der Waals surface area contributed by atoms with Crippen molar-refractivity contribution in [3.05, 3.63) is 30.5 Å². The maximum absolute atomic E-state index is 5.80. The van der Waals surface area contributed by atoms with E-state index in [9.17, 15) is 0 Å². The maximum atomic E-state index is 5.80. The number of nitrogens with two attached hydrogens (primary N) is 1. The van der Waals surface area contributed by atoms with Gasteiger partial charge >= 0.3 is 0 Å². The molecule has 0 unspecified atom stereocenters. The Morgan fingerprint density at radius 3 is 2.68 bits per heavy atom. The van der Waals surface area contributed by atoms with Crippen molar-refractivity contribution in [3.8, 4) is 0 Å². The highest BCUT2D eigenvalue weighted by Crippen LogP contribution is 2.28. The molecule has 2 rings (SSSR count). The number of aromatic nitrogens is 1. The van der Waals surface area contributed by atoms with Crippen LogP contribution >= 0.6 is 0 Å². The van der Waals surface area contributed by atoms with Gasteiger partial charge < -0.3 is 11.1 Å². The summed E-state index contributed by atoms with van der Waals surface area (Å²) in [6.07, 6.45) is 1.83. The van der Waals surface area contributed by atoms with Crippen molar-refractivity contribution in [2.24, 2.45) is 11.3 Å². The van der Waals surface area contributed by atoms with Gasteiger partial charge in [0.1, 0.15) is 0 Å². The third-order valence-corrected chi connectivity index (χ3v) is 4.06. The quantitative estimate of drug-likeness (QED) is 0.816. The number of fused-ring (bicyclic) bond motifs is 1. The molecule has 0 amide bonds. The second-order valence-corrected chi connectivity index (χ2v) is 6.13. The molecule has 3 N–H and O–H groups in total. The van der Waals surface area contributed by atoms with Gasteiger partial charge in [0, 0.05) is 29.5 Å². The smallest absolute Gasteiger partial charge is 0.0743 e. The number of anilines is 2. The highest BCUT2D eigenvalue weighted by atomic mass is 14.9. The van der Waals surface area contributed by atoms with Crippen LogP contribution in [0.4, 0.5) is 11.4 Å². The van der Waals surface area contributed by atoms with Crippen LogP contribution in [0.3, 0.4) is 0 Å². The number of nitrogen functional groups attached to an aromatic ring is 1. The Kier molecular flexibility index (Phi) is 3.65. The molecule has 1 heterocycles. The van der Waals surface area contributed by atoms with Gasteiger partial charge in [-0.2, -0.15) is 0 Å². The molecular weight excluding hydrogens is 234 g/mol. The molecule has 0 aliphatic heterocycles. The fraction of sp³-hybridized carbons (Fsp3) is 0.438. The molecule has 0 fully saturated rings. The number of hydrogen-bond acceptors (Lipinski definition) is 3. The molecule has 0 spiro atoms. The third kappa shape index (κ3) is 2.98. The molecule has 0 aliphatic rings. The van der Waals surface area contributed by atoms with Crippen molar-refractivity contribution in [2.45, 2.75) is 27.7 Å². The number of rotatable bonds is 4. The van der Waals surface area contributed by atoms with E-state index < -0.39 is 0 Å². The first kappa shape index (κ1) is 13.7. The van der Waals surface area contributed by atoms with Gasteiger partial charge in [0.05, 0.1) is 5.52 Å². The summed E-state index contributed by atoms with van der Waals surface area (Å²) in [5, 5.41) is 4.67. The zero-order chi connectivity index (χ0) is 14.0. The van der Waals surface area contributed by atoms with Crippen molar-refractivity contribution < 1.29 is 0 Å². The summed E-state index contributed by atoms with van der Waals surface area (Å²) < 4.78 is 0. The predicted molar refractivity (Wildman–Crippen MR) is 83.3 cm³/mol. The lowest BCUT2D eigenvalue weighted by atomic mass is 9.81. The minimum absolute atomic E-state index is 0.253. The van der Waals surface area contributed by atoms with Gasteiger partial charge in [-0.05, 0) is 35.6 Å². The van der Waals surface area contributed by atoms with Gasteiger partial charge in [0.15, 0.2) is 0 Å². The van der Waals surface area contributed by atoms with Crippen molar-refractivity contribution >= 4 is 22.3 Å². The summed E-state index contributed by atoms with van der Waals surface area (Å²) in [5.74, 6) is 0.628. The van der Waals surface area contributed by atoms with E-state index in [-0.39, 0.29) is 5.41 Å². The van der Waals surface area contributed by atoms with E-state index in [1.807, 2.05) is 30.5 Å². The van der Waals surface area contributed by atoms with Gasteiger partial charge in [-0.25, -0.2) is 0 Å². The maximum Gasteiger partial charge on any atom is 0.0743 e. The number of hydrogen-bond donors (Lipinski definition) is 2. The normalized spacial score (nSPS) is 12.1. The minimum Gasteiger partial charge on any atom is -0.399 e. The molecule has 0 bridgehead atoms. The largest absolute Gasteiger partial charge is 0.399 e. The van der Waals surface area contributed by atoms with E-state index in [0.29, 0.717) is 5.92 Å². The van der Waals surface area contributed by atoms with Crippen LogP contribution in [0.25, 0.3) is 10.9 Å². The van der Waals surface area contributed by atoms with E-state index in [1.165, 1.54) is 0 Å². The van der Waals surface area contributed by atoms with Crippen molar-refractivity contribution in [1.82, 2.24) is 4.98 Å². The Balaban J connectivity index is 2.26. The van der Waals surface area contributed by atoms with Gasteiger partial charge in [-0.3, -0.25) is 4.98 Å². The Morgan fingerprint density at radius 1 is 1.26 bits per heavy atom. The first-order chi connectivity index (χ1) is 8.90. The van der Waals surface area contributed by atoms with Crippen LogP contribution in [-0.4, -0.2) is 11.5 Å². The van der Waals surface area contributed by atoms with E-state index in [1.54, 1.807) is 0 Å². The average molecular weight is 257 g/mol. The van der Waals surface area contributed by atoms with E-state index >= 15 is 0 Å². The molecule has 0 atom stereocenters. The predicted octanol–water partition coefficient (Wildman–Crippen LogP) is 3.91. The summed E-state index contributed by atoms with van der Waals surface area (Å²) in [5.41, 5.74) is 8.86. The Labute approximate surface area is 115 Å². The second-order valence-electron chi connectivity index (χ2n) is 6.13. The standard InChI is InChI=1S/C16H23N3/c1-11(2)16(3,4)10-19-14-7-8-18-15-9-12(17)5-6-13(14)15/h5-9,11H,10,17H2,1-4H3,(H,18,19). The summed E-state index contributed by atoms with van der Waals surface area (Å²) in [7, 11) is 0. The van der Waals surface area contributed by atoms with Crippen LogP contribution in [0.2, 0.25) is 0 Å². The van der Waals surface area contributed by atoms with Crippen LogP contribution < -0.4 is 11.1 Å². The van der Waals surface area contributed by atoms with Gasteiger partial charge in [0.25, 0.3) is 0 Å². The van der Waals surface area contributed by atoms with Crippen LogP contribution in [0.15, 0.2) is 30.5 Å². The SMILES string of the molecule is CC(C)C(C)(C)CNc1ccnc2cc(N)ccc12. The molecule has 2 aromatic rings. The zero-order valence-corrected chi connectivity index (χ0v) is 12.2. The average Bonchev–Trinajstić information content (AvgIpc) is 2.35. The number of pyridine rings is 1. The zero-order valence-electron chi connectivity index (χ0n) is 12.2. The van der Waals surface area contributed by atoms with Gasteiger partial charge in [-0.15, -0.1) is 0 Å². The van der Waals surface area contributed by atoms with Gasteiger partial charge in [0.2, 0.25) is 0 Å². The minimum atomic E-state index is 0.253. The van der Waals surface area contributed by atoms with Crippen LogP contribution in [0.1, 0.15) is 27.7 Å². The monoisotopic (exact) mass is 257 g/mol. The third-order valence-electron chi connectivity index (χ3n) is 4.06. The molecule has 0 saturated heterocycles. The number of benzene rings is 1. The van der Waals surface area contributed by atoms with Gasteiger partial charge in [-0.1, -0.05) is 27.7 Å². The molecule has 0 saturated carbocycles. The summed E-state index contributed by atoms with van der Waals surface area (Å²) in [6, 6.07) is 7.88. The Morgan fingerprint density at radius 2 is 2.00 bits per heavy atom. The first-order valence-corrected chi connectivity index (χ1v) is 6.78. The molecular formula is C16H23N3. The molecule has 0 radical (unpaired) electrons. The van der Waals surface area contributed by atoms with Crippen LogP contribution in [-0.2, 0) is 0 Å². The molecule has 1 aromatic carbocycles. The molecule has 0 aliphatic carbocycles. The fourth-order valence-corrected chi connectivity index (χ4v) is 1.85. The molecule has 102 valence electrons. The lowest BCUT2D eigenvalue weighted by Gasteiger charge is -2.30. The number of nitrogens with one attached hydrogen (secondary N) is 1. The fourth-order valence-electron chi connectivity index (χ4n) is 1.85. The van der Waals surface area contributed by atoms with E-state index in [0.717, 1.165) is 28.8 Å². The molecule has 3 heteroatoms. The Hall–Kier alpha value is -1.77. The first-order valence-electron chi connectivity index (χ1n) is 6.78. The highest BCUT2D eigenvalue weighted by Gasteiger charge is 2.22. The van der Waals surface area contributed by atoms with E-state index in [4.69, 9.17) is 5.73 Å².